The zero-order chi connectivity index (χ0) is 15.9. The molecule has 0 aromatic heterocycles. The van der Waals surface area contributed by atoms with Gasteiger partial charge in [-0.2, -0.15) is 0 Å². The SMILES string of the molecule is CN(Cc1ccccc1N1CCCC1)C(=O)CNC(=O)CN.Cl.Cl. The summed E-state index contributed by atoms with van der Waals surface area (Å²) in [6.07, 6.45) is 2.43. The van der Waals surface area contributed by atoms with Crippen molar-refractivity contribution in [1.82, 2.24) is 10.2 Å². The molecule has 0 radical (unpaired) electrons. The summed E-state index contributed by atoms with van der Waals surface area (Å²) in [5.74, 6) is -0.447. The van der Waals surface area contributed by atoms with Gasteiger partial charge >= 0.3 is 0 Å². The lowest BCUT2D eigenvalue weighted by Gasteiger charge is -2.24. The molecule has 1 aliphatic rings. The van der Waals surface area contributed by atoms with Crippen molar-refractivity contribution in [2.45, 2.75) is 19.4 Å². The van der Waals surface area contributed by atoms with Gasteiger partial charge in [0.25, 0.3) is 0 Å². The van der Waals surface area contributed by atoms with Crippen molar-refractivity contribution in [3.8, 4) is 0 Å². The highest BCUT2D eigenvalue weighted by Crippen LogP contribution is 2.25. The summed E-state index contributed by atoms with van der Waals surface area (Å²) in [7, 11) is 1.75. The summed E-state index contributed by atoms with van der Waals surface area (Å²) in [6.45, 7) is 2.56. The van der Waals surface area contributed by atoms with Crippen molar-refractivity contribution < 1.29 is 9.59 Å². The Balaban J connectivity index is 0.00000264. The minimum absolute atomic E-state index is 0. The molecule has 6 nitrogen and oxygen atoms in total. The number of anilines is 1. The maximum atomic E-state index is 12.1. The van der Waals surface area contributed by atoms with E-state index >= 15 is 0 Å². The van der Waals surface area contributed by atoms with Crippen LogP contribution in [0.3, 0.4) is 0 Å². The number of rotatable bonds is 6. The summed E-state index contributed by atoms with van der Waals surface area (Å²) >= 11 is 0. The van der Waals surface area contributed by atoms with Crippen molar-refractivity contribution in [3.63, 3.8) is 0 Å². The van der Waals surface area contributed by atoms with Gasteiger partial charge in [0.2, 0.25) is 11.8 Å². The van der Waals surface area contributed by atoms with Gasteiger partial charge in [0.05, 0.1) is 13.1 Å². The van der Waals surface area contributed by atoms with Gasteiger partial charge in [-0.25, -0.2) is 0 Å². The van der Waals surface area contributed by atoms with Crippen LogP contribution in [0.5, 0.6) is 0 Å². The lowest BCUT2D eigenvalue weighted by molar-refractivity contribution is -0.131. The van der Waals surface area contributed by atoms with Crippen LogP contribution < -0.4 is 16.0 Å². The standard InChI is InChI=1S/C16H24N4O2.2ClH/c1-19(16(22)11-18-15(21)10-17)12-13-6-2-3-7-14(13)20-8-4-5-9-20;;/h2-3,6-7H,4-5,8-12,17H2,1H3,(H,18,21);2*1H. The summed E-state index contributed by atoms with van der Waals surface area (Å²) in [5, 5.41) is 2.50. The molecule has 1 aliphatic heterocycles. The van der Waals surface area contributed by atoms with E-state index in [2.05, 4.69) is 22.3 Å². The predicted molar refractivity (Wildman–Crippen MR) is 101 cm³/mol. The van der Waals surface area contributed by atoms with E-state index in [1.165, 1.54) is 18.5 Å². The number of carbonyl (C=O) groups is 2. The first-order valence-corrected chi connectivity index (χ1v) is 7.65. The summed E-state index contributed by atoms with van der Waals surface area (Å²) in [5.41, 5.74) is 7.53. The molecule has 1 aromatic rings. The van der Waals surface area contributed by atoms with Crippen molar-refractivity contribution in [2.75, 3.05) is 38.1 Å². The monoisotopic (exact) mass is 376 g/mol. The van der Waals surface area contributed by atoms with Crippen LogP contribution in [0.2, 0.25) is 0 Å². The topological polar surface area (TPSA) is 78.7 Å². The van der Waals surface area contributed by atoms with Crippen LogP contribution in [0, 0.1) is 0 Å². The largest absolute Gasteiger partial charge is 0.371 e. The maximum absolute atomic E-state index is 12.1. The van der Waals surface area contributed by atoms with Crippen molar-refractivity contribution in [2.24, 2.45) is 5.73 Å². The minimum Gasteiger partial charge on any atom is -0.371 e. The highest BCUT2D eigenvalue weighted by atomic mass is 35.5. The molecule has 1 aromatic carbocycles. The van der Waals surface area contributed by atoms with Gasteiger partial charge in [-0.05, 0) is 24.5 Å². The lowest BCUT2D eigenvalue weighted by atomic mass is 10.1. The van der Waals surface area contributed by atoms with Gasteiger partial charge in [0, 0.05) is 32.4 Å². The normalized spacial score (nSPS) is 12.8. The smallest absolute Gasteiger partial charge is 0.242 e. The van der Waals surface area contributed by atoms with E-state index in [4.69, 9.17) is 5.73 Å². The van der Waals surface area contributed by atoms with Crippen LogP contribution in [0.4, 0.5) is 5.69 Å². The molecule has 0 unspecified atom stereocenters. The Morgan fingerprint density at radius 2 is 1.83 bits per heavy atom. The highest BCUT2D eigenvalue weighted by Gasteiger charge is 2.17. The molecular formula is C16H26Cl2N4O2. The molecule has 0 bridgehead atoms. The molecule has 0 aliphatic carbocycles. The third-order valence-corrected chi connectivity index (χ3v) is 3.89. The number of hydrogen-bond acceptors (Lipinski definition) is 4. The second kappa shape index (κ2) is 11.1. The van der Waals surface area contributed by atoms with E-state index in [9.17, 15) is 9.59 Å². The second-order valence-electron chi connectivity index (χ2n) is 5.55. The fourth-order valence-corrected chi connectivity index (χ4v) is 2.64. The second-order valence-corrected chi connectivity index (χ2v) is 5.55. The van der Waals surface area contributed by atoms with E-state index in [1.54, 1.807) is 11.9 Å². The number of hydrogen-bond donors (Lipinski definition) is 2. The van der Waals surface area contributed by atoms with E-state index in [0.717, 1.165) is 18.7 Å². The van der Waals surface area contributed by atoms with Crippen LogP contribution in [0.15, 0.2) is 24.3 Å². The average Bonchev–Trinajstić information content (AvgIpc) is 3.06. The third-order valence-electron chi connectivity index (χ3n) is 3.89. The summed E-state index contributed by atoms with van der Waals surface area (Å²) in [4.78, 5) is 27.2. The molecule has 2 amide bonds. The molecule has 136 valence electrons. The summed E-state index contributed by atoms with van der Waals surface area (Å²) in [6, 6.07) is 8.18. The first-order valence-electron chi connectivity index (χ1n) is 7.65. The molecule has 8 heteroatoms. The Kier molecular flexibility index (Phi) is 10.4. The number of halogens is 2. The Morgan fingerprint density at radius 3 is 2.46 bits per heavy atom. The zero-order valence-electron chi connectivity index (χ0n) is 13.9. The average molecular weight is 377 g/mol. The fourth-order valence-electron chi connectivity index (χ4n) is 2.64. The minimum atomic E-state index is -0.320. The summed E-state index contributed by atoms with van der Waals surface area (Å²) < 4.78 is 0. The van der Waals surface area contributed by atoms with Crippen LogP contribution in [-0.4, -0.2) is 49.9 Å². The van der Waals surface area contributed by atoms with E-state index in [0.29, 0.717) is 6.54 Å². The van der Waals surface area contributed by atoms with Gasteiger partial charge in [-0.15, -0.1) is 24.8 Å². The van der Waals surface area contributed by atoms with Gasteiger partial charge in [0.15, 0.2) is 0 Å². The Hall–Kier alpha value is -1.50. The van der Waals surface area contributed by atoms with E-state index in [1.807, 2.05) is 12.1 Å². The number of para-hydroxylation sites is 1. The van der Waals surface area contributed by atoms with Crippen LogP contribution in [0.1, 0.15) is 18.4 Å². The number of nitrogens with zero attached hydrogens (tertiary/aromatic N) is 2. The zero-order valence-corrected chi connectivity index (χ0v) is 15.5. The molecular weight excluding hydrogens is 351 g/mol. The number of benzene rings is 1. The molecule has 1 saturated heterocycles. The van der Waals surface area contributed by atoms with Gasteiger partial charge in [0.1, 0.15) is 0 Å². The third kappa shape index (κ3) is 6.19. The predicted octanol–water partition coefficient (Wildman–Crippen LogP) is 1.16. The Bertz CT molecular complexity index is 537. The van der Waals surface area contributed by atoms with Crippen molar-refractivity contribution in [1.29, 1.82) is 0 Å². The molecule has 0 saturated carbocycles. The highest BCUT2D eigenvalue weighted by molar-refractivity contribution is 5.86. The number of likely N-dealkylation sites (N-methyl/N-ethyl adjacent to an activating group) is 1. The first kappa shape index (κ1) is 22.5. The molecule has 2 rings (SSSR count). The van der Waals surface area contributed by atoms with Gasteiger partial charge in [-0.3, -0.25) is 9.59 Å². The quantitative estimate of drug-likeness (QED) is 0.780. The number of nitrogens with one attached hydrogen (secondary N) is 1. The van der Waals surface area contributed by atoms with E-state index < -0.39 is 0 Å². The lowest BCUT2D eigenvalue weighted by Crippen LogP contribution is -2.40. The van der Waals surface area contributed by atoms with Gasteiger partial charge in [-0.1, -0.05) is 18.2 Å². The van der Waals surface area contributed by atoms with Crippen molar-refractivity contribution >= 4 is 42.3 Å². The molecule has 3 N–H and O–H groups in total. The van der Waals surface area contributed by atoms with Crippen LogP contribution in [-0.2, 0) is 16.1 Å². The van der Waals surface area contributed by atoms with Crippen molar-refractivity contribution in [3.05, 3.63) is 29.8 Å². The first-order chi connectivity index (χ1) is 10.6. The molecule has 0 atom stereocenters. The maximum Gasteiger partial charge on any atom is 0.242 e. The van der Waals surface area contributed by atoms with Gasteiger partial charge < -0.3 is 20.9 Å². The number of nitrogens with two attached hydrogens (primary N) is 1. The van der Waals surface area contributed by atoms with Crippen LogP contribution >= 0.6 is 24.8 Å². The fraction of sp³-hybridized carbons (Fsp3) is 0.500. The Labute approximate surface area is 155 Å². The number of amides is 2. The molecule has 1 heterocycles. The molecule has 24 heavy (non-hydrogen) atoms. The van der Waals surface area contributed by atoms with Crippen LogP contribution in [0.25, 0.3) is 0 Å². The molecule has 0 spiro atoms. The Morgan fingerprint density at radius 1 is 1.21 bits per heavy atom. The van der Waals surface area contributed by atoms with E-state index in [-0.39, 0.29) is 49.7 Å². The molecule has 1 fully saturated rings. The number of carbonyl (C=O) groups excluding carboxylic acids is 2.